The highest BCUT2D eigenvalue weighted by Crippen LogP contribution is 2.06. The molecule has 0 aliphatic heterocycles. The normalized spacial score (nSPS) is 8.92. The van der Waals surface area contributed by atoms with E-state index in [-0.39, 0.29) is 0 Å². The van der Waals surface area contributed by atoms with Gasteiger partial charge < -0.3 is 0 Å². The van der Waals surface area contributed by atoms with Crippen molar-refractivity contribution < 1.29 is 0 Å². The van der Waals surface area contributed by atoms with Crippen molar-refractivity contribution in [3.8, 4) is 0 Å². The van der Waals surface area contributed by atoms with E-state index in [0.717, 1.165) is 0 Å². The predicted molar refractivity (Wildman–Crippen MR) is 71.5 cm³/mol. The minimum Gasteiger partial charge on any atom is -0.106 e. The van der Waals surface area contributed by atoms with Gasteiger partial charge >= 0.3 is 0 Å². The molecule has 0 aliphatic carbocycles. The van der Waals surface area contributed by atoms with Crippen LogP contribution in [0.1, 0.15) is 0 Å². The highest BCUT2D eigenvalue weighted by atomic mass is 28.3. The molecule has 13 heavy (non-hydrogen) atoms. The van der Waals surface area contributed by atoms with Crippen LogP contribution < -0.4 is 0 Å². The standard InChI is InChI=1S/C8H12Si.C3H8Si/c1-5-9(6-2,7-3)8-4;1-2-3-4/h5-8H,1-4H2;2H,1,3H2,4H3. The molecular weight excluding hydrogens is 188 g/mol. The Balaban J connectivity index is 0. The van der Waals surface area contributed by atoms with E-state index >= 15 is 0 Å². The number of rotatable bonds is 5. The van der Waals surface area contributed by atoms with Crippen molar-refractivity contribution in [2.45, 2.75) is 6.04 Å². The molecule has 2 heteroatoms. The lowest BCUT2D eigenvalue weighted by atomic mass is 10.8. The van der Waals surface area contributed by atoms with E-state index in [0.29, 0.717) is 0 Å². The van der Waals surface area contributed by atoms with Crippen LogP contribution in [0.15, 0.2) is 61.8 Å². The summed E-state index contributed by atoms with van der Waals surface area (Å²) in [4.78, 5) is 0. The SMILES string of the molecule is C=CC[SiH3].C=C[Si](C=C)(C=C)C=C. The van der Waals surface area contributed by atoms with Crippen molar-refractivity contribution in [1.29, 1.82) is 0 Å². The lowest BCUT2D eigenvalue weighted by Crippen LogP contribution is -2.22. The van der Waals surface area contributed by atoms with E-state index in [4.69, 9.17) is 0 Å². The Morgan fingerprint density at radius 3 is 1.08 bits per heavy atom. The molecule has 0 aromatic rings. The Bertz CT molecular complexity index is 155. The summed E-state index contributed by atoms with van der Waals surface area (Å²) >= 11 is 0. The summed E-state index contributed by atoms with van der Waals surface area (Å²) in [6.07, 6.45) is 1.94. The number of hydrogen-bond donors (Lipinski definition) is 0. The van der Waals surface area contributed by atoms with E-state index in [1.807, 2.05) is 28.9 Å². The molecule has 0 aromatic carbocycles. The fourth-order valence-corrected chi connectivity index (χ4v) is 1.50. The summed E-state index contributed by atoms with van der Waals surface area (Å²) in [5, 5.41) is 0. The zero-order chi connectivity index (χ0) is 10.7. The van der Waals surface area contributed by atoms with Crippen LogP contribution in [-0.4, -0.2) is 18.3 Å². The minimum absolute atomic E-state index is 1.22. The zero-order valence-corrected chi connectivity index (χ0v) is 11.6. The quantitative estimate of drug-likeness (QED) is 0.480. The summed E-state index contributed by atoms with van der Waals surface area (Å²) in [6, 6.07) is 1.22. The van der Waals surface area contributed by atoms with Crippen LogP contribution in [0.2, 0.25) is 6.04 Å². The molecule has 0 saturated carbocycles. The van der Waals surface area contributed by atoms with Crippen molar-refractivity contribution in [3.63, 3.8) is 0 Å². The van der Waals surface area contributed by atoms with Gasteiger partial charge in [0.15, 0.2) is 0 Å². The largest absolute Gasteiger partial charge is 0.148 e. The third-order valence-electron chi connectivity index (χ3n) is 1.70. The predicted octanol–water partition coefficient (Wildman–Crippen LogP) is 2.29. The van der Waals surface area contributed by atoms with Gasteiger partial charge in [-0.25, -0.2) is 0 Å². The highest BCUT2D eigenvalue weighted by molar-refractivity contribution is 6.97. The van der Waals surface area contributed by atoms with Crippen LogP contribution in [0, 0.1) is 0 Å². The van der Waals surface area contributed by atoms with Gasteiger partial charge in [-0.05, 0) is 6.04 Å². The molecule has 0 saturated heterocycles. The van der Waals surface area contributed by atoms with Crippen LogP contribution in [-0.2, 0) is 0 Å². The van der Waals surface area contributed by atoms with Gasteiger partial charge in [-0.3, -0.25) is 0 Å². The van der Waals surface area contributed by atoms with Gasteiger partial charge in [0.05, 0.1) is 0 Å². The molecule has 0 amide bonds. The number of allylic oxidation sites excluding steroid dienone is 1. The molecule has 0 spiro atoms. The monoisotopic (exact) mass is 208 g/mol. The average molecular weight is 208 g/mol. The summed E-state index contributed by atoms with van der Waals surface area (Å²) < 4.78 is 0. The van der Waals surface area contributed by atoms with Gasteiger partial charge in [-0.1, -0.05) is 28.9 Å². The Morgan fingerprint density at radius 2 is 1.08 bits per heavy atom. The third-order valence-corrected chi connectivity index (χ3v) is 5.11. The molecule has 0 atom stereocenters. The second kappa shape index (κ2) is 9.22. The van der Waals surface area contributed by atoms with Crippen molar-refractivity contribution in [2.24, 2.45) is 0 Å². The Morgan fingerprint density at radius 1 is 0.846 bits per heavy atom. The summed E-state index contributed by atoms with van der Waals surface area (Å²) in [7, 11) is -0.364. The molecule has 0 N–H and O–H groups in total. The van der Waals surface area contributed by atoms with E-state index < -0.39 is 8.07 Å². The fraction of sp³-hybridized carbons (Fsp3) is 0.0909. The van der Waals surface area contributed by atoms with Gasteiger partial charge in [0.2, 0.25) is 0 Å². The molecule has 72 valence electrons. The van der Waals surface area contributed by atoms with E-state index in [2.05, 4.69) is 32.9 Å². The number of hydrogen-bond acceptors (Lipinski definition) is 0. The molecule has 0 rings (SSSR count). The van der Waals surface area contributed by atoms with Gasteiger partial charge in [0.25, 0.3) is 0 Å². The lowest BCUT2D eigenvalue weighted by Gasteiger charge is -2.11. The van der Waals surface area contributed by atoms with Crippen molar-refractivity contribution in [1.82, 2.24) is 0 Å². The Kier molecular flexibility index (Phi) is 10.4. The van der Waals surface area contributed by atoms with Crippen LogP contribution in [0.3, 0.4) is 0 Å². The minimum atomic E-state index is -1.64. The smallest absolute Gasteiger partial charge is 0.106 e. The highest BCUT2D eigenvalue weighted by Gasteiger charge is 2.14. The van der Waals surface area contributed by atoms with E-state index in [9.17, 15) is 0 Å². The molecule has 0 radical (unpaired) electrons. The summed E-state index contributed by atoms with van der Waals surface area (Å²) in [6.45, 7) is 18.3. The van der Waals surface area contributed by atoms with Gasteiger partial charge in [0.1, 0.15) is 8.07 Å². The second-order valence-electron chi connectivity index (χ2n) is 2.51. The molecule has 0 unspecified atom stereocenters. The maximum Gasteiger partial charge on any atom is 0.148 e. The van der Waals surface area contributed by atoms with Gasteiger partial charge in [-0.2, -0.15) is 0 Å². The van der Waals surface area contributed by atoms with Crippen LogP contribution in [0.25, 0.3) is 0 Å². The van der Waals surface area contributed by atoms with Crippen LogP contribution in [0.4, 0.5) is 0 Å². The molecule has 0 fully saturated rings. The average Bonchev–Trinajstić information content (AvgIpc) is 2.23. The topological polar surface area (TPSA) is 0 Å². The van der Waals surface area contributed by atoms with Crippen LogP contribution in [0.5, 0.6) is 0 Å². The summed E-state index contributed by atoms with van der Waals surface area (Å²) in [5.74, 6) is 0. The first-order valence-electron chi connectivity index (χ1n) is 4.31. The maximum atomic E-state index is 3.69. The van der Waals surface area contributed by atoms with Crippen molar-refractivity contribution >= 4 is 18.3 Å². The van der Waals surface area contributed by atoms with E-state index in [1.54, 1.807) is 0 Å². The lowest BCUT2D eigenvalue weighted by molar-refractivity contribution is 1.76. The third kappa shape index (κ3) is 6.31. The molecule has 0 nitrogen and oxygen atoms in total. The molecule has 0 heterocycles. The van der Waals surface area contributed by atoms with E-state index in [1.165, 1.54) is 16.3 Å². The molecule has 0 aliphatic rings. The molecule has 0 bridgehead atoms. The summed E-state index contributed by atoms with van der Waals surface area (Å²) in [5.41, 5.74) is 7.56. The van der Waals surface area contributed by atoms with Gasteiger partial charge in [0, 0.05) is 10.2 Å². The van der Waals surface area contributed by atoms with Crippen molar-refractivity contribution in [3.05, 3.63) is 61.8 Å². The fourth-order valence-electron chi connectivity index (χ4n) is 0.500. The Labute approximate surface area is 86.5 Å². The molecule has 0 aromatic heterocycles. The van der Waals surface area contributed by atoms with Crippen LogP contribution >= 0.6 is 0 Å². The second-order valence-corrected chi connectivity index (χ2v) is 6.96. The molecular formula is C11H20Si2. The maximum absolute atomic E-state index is 3.69. The Hall–Kier alpha value is -0.866. The first-order chi connectivity index (χ1) is 6.16. The first kappa shape index (κ1) is 14.6. The zero-order valence-electron chi connectivity index (χ0n) is 8.63. The van der Waals surface area contributed by atoms with Crippen molar-refractivity contribution in [2.75, 3.05) is 0 Å². The van der Waals surface area contributed by atoms with Gasteiger partial charge in [-0.15, -0.1) is 32.9 Å². The first-order valence-corrected chi connectivity index (χ1v) is 8.03.